The van der Waals surface area contributed by atoms with Gasteiger partial charge in [-0.1, -0.05) is 13.8 Å². The van der Waals surface area contributed by atoms with Gasteiger partial charge in [-0.25, -0.2) is 0 Å². The zero-order valence-electron chi connectivity index (χ0n) is 6.17. The first-order valence-electron chi connectivity index (χ1n) is 3.55. The Balaban J connectivity index is 3.50. The SMILES string of the molecule is CC[C@H](CO)[C@@H](O)CC. The maximum atomic E-state index is 9.16. The van der Waals surface area contributed by atoms with Crippen molar-refractivity contribution in [2.45, 2.75) is 32.8 Å². The van der Waals surface area contributed by atoms with Gasteiger partial charge in [0.1, 0.15) is 0 Å². The van der Waals surface area contributed by atoms with Crippen LogP contribution in [0.2, 0.25) is 0 Å². The number of aliphatic hydroxyl groups is 2. The number of hydrogen-bond acceptors (Lipinski definition) is 2. The summed E-state index contributed by atoms with van der Waals surface area (Å²) in [6.45, 7) is 3.99. The summed E-state index contributed by atoms with van der Waals surface area (Å²) >= 11 is 0. The van der Waals surface area contributed by atoms with Crippen LogP contribution in [0.1, 0.15) is 26.7 Å². The highest BCUT2D eigenvalue weighted by Gasteiger charge is 2.12. The van der Waals surface area contributed by atoms with Crippen molar-refractivity contribution in [3.8, 4) is 0 Å². The van der Waals surface area contributed by atoms with E-state index in [2.05, 4.69) is 0 Å². The van der Waals surface area contributed by atoms with E-state index in [4.69, 9.17) is 10.2 Å². The molecule has 0 radical (unpaired) electrons. The van der Waals surface area contributed by atoms with E-state index in [1.54, 1.807) is 0 Å². The normalized spacial score (nSPS) is 17.3. The van der Waals surface area contributed by atoms with E-state index in [0.29, 0.717) is 0 Å². The first kappa shape index (κ1) is 8.92. The number of hydrogen-bond donors (Lipinski definition) is 2. The molecule has 0 heterocycles. The standard InChI is InChI=1S/C7H16O2/c1-3-6(5-8)7(9)4-2/h6-9H,3-5H2,1-2H3/t6-,7+/m1/s1. The molecule has 0 aromatic rings. The first-order valence-corrected chi connectivity index (χ1v) is 3.55. The summed E-state index contributed by atoms with van der Waals surface area (Å²) < 4.78 is 0. The van der Waals surface area contributed by atoms with Gasteiger partial charge in [0.25, 0.3) is 0 Å². The Bertz CT molecular complexity index is 59.9. The summed E-state index contributed by atoms with van der Waals surface area (Å²) in [5.41, 5.74) is 0. The molecular weight excluding hydrogens is 116 g/mol. The molecule has 0 saturated carbocycles. The number of aliphatic hydroxyl groups excluding tert-OH is 2. The predicted octanol–water partition coefficient (Wildman–Crippen LogP) is 0.776. The van der Waals surface area contributed by atoms with Gasteiger partial charge in [-0.05, 0) is 12.8 Å². The maximum absolute atomic E-state index is 9.16. The maximum Gasteiger partial charge on any atom is 0.0587 e. The molecule has 0 aliphatic carbocycles. The summed E-state index contributed by atoms with van der Waals surface area (Å²) in [5.74, 6) is 0.0787. The lowest BCUT2D eigenvalue weighted by Gasteiger charge is -2.16. The Morgan fingerprint density at radius 2 is 1.78 bits per heavy atom. The van der Waals surface area contributed by atoms with Crippen LogP contribution in [-0.2, 0) is 0 Å². The topological polar surface area (TPSA) is 40.5 Å². The first-order chi connectivity index (χ1) is 4.26. The van der Waals surface area contributed by atoms with E-state index in [1.165, 1.54) is 0 Å². The van der Waals surface area contributed by atoms with E-state index in [0.717, 1.165) is 12.8 Å². The Morgan fingerprint density at radius 1 is 1.22 bits per heavy atom. The molecule has 0 amide bonds. The Hall–Kier alpha value is -0.0800. The molecule has 56 valence electrons. The largest absolute Gasteiger partial charge is 0.396 e. The van der Waals surface area contributed by atoms with Crippen molar-refractivity contribution in [3.63, 3.8) is 0 Å². The van der Waals surface area contributed by atoms with Crippen molar-refractivity contribution in [3.05, 3.63) is 0 Å². The van der Waals surface area contributed by atoms with Gasteiger partial charge in [0.15, 0.2) is 0 Å². The van der Waals surface area contributed by atoms with Gasteiger partial charge in [-0.15, -0.1) is 0 Å². The molecule has 9 heavy (non-hydrogen) atoms. The van der Waals surface area contributed by atoms with Gasteiger partial charge in [-0.2, -0.15) is 0 Å². The van der Waals surface area contributed by atoms with E-state index in [9.17, 15) is 0 Å². The summed E-state index contributed by atoms with van der Waals surface area (Å²) in [4.78, 5) is 0. The second-order valence-corrected chi connectivity index (χ2v) is 2.33. The van der Waals surface area contributed by atoms with Gasteiger partial charge in [0.2, 0.25) is 0 Å². The van der Waals surface area contributed by atoms with Crippen molar-refractivity contribution in [1.82, 2.24) is 0 Å². The molecular formula is C7H16O2. The molecule has 0 bridgehead atoms. The van der Waals surface area contributed by atoms with Crippen molar-refractivity contribution < 1.29 is 10.2 Å². The fourth-order valence-corrected chi connectivity index (χ4v) is 0.856. The molecule has 0 rings (SSSR count). The third-order valence-electron chi connectivity index (χ3n) is 1.72. The zero-order valence-corrected chi connectivity index (χ0v) is 6.17. The molecule has 0 aromatic heterocycles. The molecule has 2 nitrogen and oxygen atoms in total. The molecule has 2 atom stereocenters. The van der Waals surface area contributed by atoms with Crippen LogP contribution in [0, 0.1) is 5.92 Å². The van der Waals surface area contributed by atoms with Crippen LogP contribution >= 0.6 is 0 Å². The van der Waals surface area contributed by atoms with Crippen LogP contribution in [0.3, 0.4) is 0 Å². The Labute approximate surface area is 56.5 Å². The molecule has 0 spiro atoms. The van der Waals surface area contributed by atoms with Crippen LogP contribution in [0.5, 0.6) is 0 Å². The minimum Gasteiger partial charge on any atom is -0.396 e. The monoisotopic (exact) mass is 132 g/mol. The molecule has 0 aliphatic rings. The van der Waals surface area contributed by atoms with E-state index >= 15 is 0 Å². The summed E-state index contributed by atoms with van der Waals surface area (Å²) in [5, 5.41) is 17.8. The molecule has 0 aliphatic heterocycles. The van der Waals surface area contributed by atoms with Crippen LogP contribution in [0.25, 0.3) is 0 Å². The summed E-state index contributed by atoms with van der Waals surface area (Å²) in [6, 6.07) is 0. The van der Waals surface area contributed by atoms with Gasteiger partial charge in [0, 0.05) is 12.5 Å². The summed E-state index contributed by atoms with van der Waals surface area (Å²) in [6.07, 6.45) is 1.27. The second-order valence-electron chi connectivity index (χ2n) is 2.33. The highest BCUT2D eigenvalue weighted by Crippen LogP contribution is 2.09. The smallest absolute Gasteiger partial charge is 0.0587 e. The molecule has 0 saturated heterocycles. The zero-order chi connectivity index (χ0) is 7.28. The van der Waals surface area contributed by atoms with Gasteiger partial charge < -0.3 is 10.2 Å². The second kappa shape index (κ2) is 4.77. The highest BCUT2D eigenvalue weighted by atomic mass is 16.3. The third kappa shape index (κ3) is 2.82. The van der Waals surface area contributed by atoms with Crippen LogP contribution in [0.15, 0.2) is 0 Å². The van der Waals surface area contributed by atoms with Crippen LogP contribution in [0.4, 0.5) is 0 Å². The Kier molecular flexibility index (Phi) is 4.72. The molecule has 2 heteroatoms. The molecule has 0 fully saturated rings. The van der Waals surface area contributed by atoms with Crippen molar-refractivity contribution in [2.24, 2.45) is 5.92 Å². The lowest BCUT2D eigenvalue weighted by Crippen LogP contribution is -2.21. The van der Waals surface area contributed by atoms with Crippen molar-refractivity contribution >= 4 is 0 Å². The third-order valence-corrected chi connectivity index (χ3v) is 1.72. The minimum atomic E-state index is -0.319. The van der Waals surface area contributed by atoms with Crippen molar-refractivity contribution in [1.29, 1.82) is 0 Å². The van der Waals surface area contributed by atoms with E-state index < -0.39 is 0 Å². The number of rotatable bonds is 4. The molecule has 0 unspecified atom stereocenters. The van der Waals surface area contributed by atoms with Crippen LogP contribution in [-0.4, -0.2) is 22.9 Å². The van der Waals surface area contributed by atoms with Crippen molar-refractivity contribution in [2.75, 3.05) is 6.61 Å². The quantitative estimate of drug-likeness (QED) is 0.593. The summed E-state index contributed by atoms with van der Waals surface area (Å²) in [7, 11) is 0. The molecule has 0 aromatic carbocycles. The minimum absolute atomic E-state index is 0.0787. The van der Waals surface area contributed by atoms with E-state index in [1.807, 2.05) is 13.8 Å². The predicted molar refractivity (Wildman–Crippen MR) is 37.2 cm³/mol. The highest BCUT2D eigenvalue weighted by molar-refractivity contribution is 4.63. The fraction of sp³-hybridized carbons (Fsp3) is 1.00. The lowest BCUT2D eigenvalue weighted by molar-refractivity contribution is 0.0625. The fourth-order valence-electron chi connectivity index (χ4n) is 0.856. The average Bonchev–Trinajstić information content (AvgIpc) is 1.90. The van der Waals surface area contributed by atoms with Gasteiger partial charge in [0.05, 0.1) is 6.10 Å². The van der Waals surface area contributed by atoms with Crippen LogP contribution < -0.4 is 0 Å². The van der Waals surface area contributed by atoms with Gasteiger partial charge >= 0.3 is 0 Å². The Morgan fingerprint density at radius 3 is 1.89 bits per heavy atom. The van der Waals surface area contributed by atoms with Gasteiger partial charge in [-0.3, -0.25) is 0 Å². The lowest BCUT2D eigenvalue weighted by atomic mass is 9.99. The average molecular weight is 132 g/mol. The molecule has 2 N–H and O–H groups in total. The van der Waals surface area contributed by atoms with E-state index in [-0.39, 0.29) is 18.6 Å².